The van der Waals surface area contributed by atoms with Crippen molar-refractivity contribution in [3.05, 3.63) is 29.8 Å². The maximum Gasteiger partial charge on any atom is 0.0540 e. The van der Waals surface area contributed by atoms with E-state index in [0.717, 1.165) is 30.6 Å². The van der Waals surface area contributed by atoms with Crippen molar-refractivity contribution in [1.82, 2.24) is 0 Å². The smallest absolute Gasteiger partial charge is 0.0540 e. The lowest BCUT2D eigenvalue weighted by molar-refractivity contribution is 0.122. The first-order valence-corrected chi connectivity index (χ1v) is 5.67. The molecule has 2 rings (SSSR count). The van der Waals surface area contributed by atoms with E-state index < -0.39 is 0 Å². The fraction of sp³-hybridized carbons (Fsp3) is 0.500. The highest BCUT2D eigenvalue weighted by Crippen LogP contribution is 2.32. The minimum Gasteiger partial charge on any atom is -0.393 e. The Hall–Kier alpha value is -0.470. The number of hydrogen-bond acceptors (Lipinski definition) is 2. The van der Waals surface area contributed by atoms with Crippen LogP contribution in [0.15, 0.2) is 29.2 Å². The number of hydrogen-bond donors (Lipinski definition) is 2. The average molecular weight is 208 g/mol. The molecular weight excluding hydrogens is 192 g/mol. The number of thiol groups is 1. The quantitative estimate of drug-likeness (QED) is 0.680. The summed E-state index contributed by atoms with van der Waals surface area (Å²) >= 11 is 4.27. The monoisotopic (exact) mass is 208 g/mol. The lowest BCUT2D eigenvalue weighted by atomic mass is 9.83. The third-order valence-electron chi connectivity index (χ3n) is 3.06. The van der Waals surface area contributed by atoms with Crippen LogP contribution >= 0.6 is 12.6 Å². The van der Waals surface area contributed by atoms with Gasteiger partial charge in [0.2, 0.25) is 0 Å². The Morgan fingerprint density at radius 2 is 1.57 bits per heavy atom. The Labute approximate surface area is 90.6 Å². The van der Waals surface area contributed by atoms with Crippen molar-refractivity contribution >= 4 is 12.6 Å². The lowest BCUT2D eigenvalue weighted by Crippen LogP contribution is -2.16. The second kappa shape index (κ2) is 4.37. The molecule has 1 saturated carbocycles. The van der Waals surface area contributed by atoms with Crippen molar-refractivity contribution in [2.24, 2.45) is 0 Å². The van der Waals surface area contributed by atoms with E-state index in [-0.39, 0.29) is 6.10 Å². The molecule has 0 bridgehead atoms. The molecule has 1 aliphatic carbocycles. The predicted molar refractivity (Wildman–Crippen MR) is 60.9 cm³/mol. The van der Waals surface area contributed by atoms with Crippen LogP contribution < -0.4 is 0 Å². The second-order valence-corrected chi connectivity index (χ2v) is 4.61. The van der Waals surface area contributed by atoms with Gasteiger partial charge in [0.05, 0.1) is 6.10 Å². The molecule has 0 heterocycles. The molecule has 1 fully saturated rings. The van der Waals surface area contributed by atoms with E-state index in [1.807, 2.05) is 12.1 Å². The van der Waals surface area contributed by atoms with Crippen LogP contribution in [0.5, 0.6) is 0 Å². The maximum absolute atomic E-state index is 9.41. The van der Waals surface area contributed by atoms with Crippen molar-refractivity contribution in [3.8, 4) is 0 Å². The summed E-state index contributed by atoms with van der Waals surface area (Å²) in [7, 11) is 0. The van der Waals surface area contributed by atoms with Gasteiger partial charge in [-0.05, 0) is 49.3 Å². The second-order valence-electron chi connectivity index (χ2n) is 4.10. The molecule has 0 atom stereocenters. The van der Waals surface area contributed by atoms with Gasteiger partial charge in [-0.2, -0.15) is 0 Å². The first-order valence-electron chi connectivity index (χ1n) is 5.22. The third-order valence-corrected chi connectivity index (χ3v) is 3.36. The van der Waals surface area contributed by atoms with Crippen LogP contribution in [0.1, 0.15) is 37.2 Å². The highest BCUT2D eigenvalue weighted by molar-refractivity contribution is 7.80. The van der Waals surface area contributed by atoms with Gasteiger partial charge >= 0.3 is 0 Å². The zero-order valence-electron chi connectivity index (χ0n) is 8.19. The van der Waals surface area contributed by atoms with Crippen LogP contribution in [0.25, 0.3) is 0 Å². The molecule has 1 N–H and O–H groups in total. The first kappa shape index (κ1) is 10.1. The Balaban J connectivity index is 2.05. The lowest BCUT2D eigenvalue weighted by Gasteiger charge is -2.25. The Morgan fingerprint density at radius 3 is 2.14 bits per heavy atom. The Bertz CT molecular complexity index is 286. The summed E-state index contributed by atoms with van der Waals surface area (Å²) < 4.78 is 0. The van der Waals surface area contributed by atoms with Crippen LogP contribution in [0, 0.1) is 0 Å². The van der Waals surface area contributed by atoms with E-state index in [1.165, 1.54) is 5.56 Å². The van der Waals surface area contributed by atoms with Crippen molar-refractivity contribution in [1.29, 1.82) is 0 Å². The molecule has 1 nitrogen and oxygen atoms in total. The molecule has 0 radical (unpaired) electrons. The topological polar surface area (TPSA) is 20.2 Å². The van der Waals surface area contributed by atoms with Crippen LogP contribution in [0.3, 0.4) is 0 Å². The molecule has 14 heavy (non-hydrogen) atoms. The largest absolute Gasteiger partial charge is 0.393 e. The van der Waals surface area contributed by atoms with E-state index in [1.54, 1.807) is 0 Å². The minimum absolute atomic E-state index is 0.0598. The molecule has 0 aliphatic heterocycles. The van der Waals surface area contributed by atoms with Crippen LogP contribution in [-0.4, -0.2) is 11.2 Å². The molecule has 0 amide bonds. The number of aliphatic hydroxyl groups excluding tert-OH is 1. The summed E-state index contributed by atoms with van der Waals surface area (Å²) in [6, 6.07) is 8.41. The van der Waals surface area contributed by atoms with Gasteiger partial charge in [0.1, 0.15) is 0 Å². The normalized spacial score (nSPS) is 27.6. The van der Waals surface area contributed by atoms with Gasteiger partial charge in [0.15, 0.2) is 0 Å². The predicted octanol–water partition coefficient (Wildman–Crippen LogP) is 2.99. The van der Waals surface area contributed by atoms with Gasteiger partial charge in [-0.25, -0.2) is 0 Å². The van der Waals surface area contributed by atoms with E-state index in [0.29, 0.717) is 5.92 Å². The molecule has 0 spiro atoms. The molecule has 76 valence electrons. The van der Waals surface area contributed by atoms with E-state index in [9.17, 15) is 5.11 Å². The third kappa shape index (κ3) is 2.31. The van der Waals surface area contributed by atoms with Crippen molar-refractivity contribution < 1.29 is 5.11 Å². The van der Waals surface area contributed by atoms with E-state index >= 15 is 0 Å². The minimum atomic E-state index is -0.0598. The molecule has 1 aromatic carbocycles. The van der Waals surface area contributed by atoms with Gasteiger partial charge in [-0.15, -0.1) is 12.6 Å². The summed E-state index contributed by atoms with van der Waals surface area (Å²) in [5.74, 6) is 0.646. The molecule has 1 aliphatic rings. The molecular formula is C12H16OS. The van der Waals surface area contributed by atoms with Gasteiger partial charge in [0.25, 0.3) is 0 Å². The molecule has 2 heteroatoms. The number of aliphatic hydroxyl groups is 1. The van der Waals surface area contributed by atoms with Crippen LogP contribution in [0.2, 0.25) is 0 Å². The first-order chi connectivity index (χ1) is 6.75. The molecule has 0 saturated heterocycles. The molecule has 0 unspecified atom stereocenters. The van der Waals surface area contributed by atoms with Crippen molar-refractivity contribution in [2.45, 2.75) is 42.6 Å². The standard InChI is InChI=1S/C12H16OS/c13-11-5-1-9(2-6-11)10-3-7-12(14)8-4-10/h3-4,7-9,11,13-14H,1-2,5-6H2. The van der Waals surface area contributed by atoms with Gasteiger partial charge in [0, 0.05) is 4.90 Å². The van der Waals surface area contributed by atoms with Crippen molar-refractivity contribution in [2.75, 3.05) is 0 Å². The average Bonchev–Trinajstić information content (AvgIpc) is 2.21. The summed E-state index contributed by atoms with van der Waals surface area (Å²) in [6.45, 7) is 0. The van der Waals surface area contributed by atoms with Gasteiger partial charge in [-0.3, -0.25) is 0 Å². The zero-order chi connectivity index (χ0) is 9.97. The molecule has 1 aromatic rings. The fourth-order valence-electron chi connectivity index (χ4n) is 2.16. The number of benzene rings is 1. The Morgan fingerprint density at radius 1 is 1.00 bits per heavy atom. The summed E-state index contributed by atoms with van der Waals surface area (Å²) in [4.78, 5) is 1.02. The molecule has 0 aromatic heterocycles. The highest BCUT2D eigenvalue weighted by Gasteiger charge is 2.20. The van der Waals surface area contributed by atoms with E-state index in [4.69, 9.17) is 0 Å². The van der Waals surface area contributed by atoms with Crippen molar-refractivity contribution in [3.63, 3.8) is 0 Å². The fourth-order valence-corrected chi connectivity index (χ4v) is 2.30. The van der Waals surface area contributed by atoms with E-state index in [2.05, 4.69) is 24.8 Å². The van der Waals surface area contributed by atoms with Gasteiger partial charge < -0.3 is 5.11 Å². The SMILES string of the molecule is OC1CCC(c2ccc(S)cc2)CC1. The zero-order valence-corrected chi connectivity index (χ0v) is 9.08. The van der Waals surface area contributed by atoms with Gasteiger partial charge in [-0.1, -0.05) is 12.1 Å². The van der Waals surface area contributed by atoms with Crippen LogP contribution in [0.4, 0.5) is 0 Å². The van der Waals surface area contributed by atoms with Crippen LogP contribution in [-0.2, 0) is 0 Å². The summed E-state index contributed by atoms with van der Waals surface area (Å²) in [5, 5.41) is 9.41. The number of rotatable bonds is 1. The summed E-state index contributed by atoms with van der Waals surface area (Å²) in [6.07, 6.45) is 4.08. The Kier molecular flexibility index (Phi) is 3.14. The summed E-state index contributed by atoms with van der Waals surface area (Å²) in [5.41, 5.74) is 1.40. The maximum atomic E-state index is 9.41. The highest BCUT2D eigenvalue weighted by atomic mass is 32.1.